The zero-order valence-corrected chi connectivity index (χ0v) is 14.0. The van der Waals surface area contributed by atoms with Crippen molar-refractivity contribution in [1.82, 2.24) is 15.2 Å². The van der Waals surface area contributed by atoms with Crippen molar-refractivity contribution >= 4 is 23.4 Å². The number of anilines is 2. The maximum absolute atomic E-state index is 6.00. The molecule has 6 heteroatoms. The van der Waals surface area contributed by atoms with Crippen LogP contribution in [0, 0.1) is 0 Å². The molecule has 1 aliphatic rings. The van der Waals surface area contributed by atoms with Gasteiger partial charge in [-0.15, -0.1) is 5.10 Å². The number of halogens is 1. The zero-order valence-electron chi connectivity index (χ0n) is 13.2. The van der Waals surface area contributed by atoms with E-state index in [4.69, 9.17) is 11.6 Å². The molecular weight excluding hydrogens is 310 g/mol. The van der Waals surface area contributed by atoms with Crippen molar-refractivity contribution in [2.75, 3.05) is 29.9 Å². The topological polar surface area (TPSA) is 53.9 Å². The third-order valence-corrected chi connectivity index (χ3v) is 4.30. The van der Waals surface area contributed by atoms with Crippen LogP contribution in [-0.2, 0) is 6.42 Å². The van der Waals surface area contributed by atoms with E-state index < -0.39 is 0 Å². The first-order chi connectivity index (χ1) is 11.3. The molecular formula is C17H22ClN5. The SMILES string of the molecule is Clc1cccc(CCNc2nncc(N3CCCCCC3)n2)c1. The first-order valence-corrected chi connectivity index (χ1v) is 8.62. The van der Waals surface area contributed by atoms with Gasteiger partial charge in [0.05, 0.1) is 6.20 Å². The lowest BCUT2D eigenvalue weighted by molar-refractivity contribution is 0.726. The van der Waals surface area contributed by atoms with Crippen LogP contribution in [-0.4, -0.2) is 34.8 Å². The summed E-state index contributed by atoms with van der Waals surface area (Å²) < 4.78 is 0. The highest BCUT2D eigenvalue weighted by Gasteiger charge is 2.12. The molecule has 2 aromatic rings. The maximum atomic E-state index is 6.00. The third-order valence-electron chi connectivity index (χ3n) is 4.06. The minimum atomic E-state index is 0.591. The Morgan fingerprint density at radius 3 is 2.74 bits per heavy atom. The van der Waals surface area contributed by atoms with Crippen molar-refractivity contribution in [2.24, 2.45) is 0 Å². The van der Waals surface area contributed by atoms with Gasteiger partial charge < -0.3 is 10.2 Å². The van der Waals surface area contributed by atoms with Gasteiger partial charge in [0.2, 0.25) is 5.95 Å². The molecule has 1 N–H and O–H groups in total. The molecule has 5 nitrogen and oxygen atoms in total. The van der Waals surface area contributed by atoms with Gasteiger partial charge in [0.15, 0.2) is 5.82 Å². The second-order valence-corrected chi connectivity index (χ2v) is 6.28. The highest BCUT2D eigenvalue weighted by atomic mass is 35.5. The van der Waals surface area contributed by atoms with Crippen molar-refractivity contribution in [3.8, 4) is 0 Å². The van der Waals surface area contributed by atoms with Crippen LogP contribution in [0.4, 0.5) is 11.8 Å². The summed E-state index contributed by atoms with van der Waals surface area (Å²) in [6, 6.07) is 7.90. The molecule has 0 atom stereocenters. The summed E-state index contributed by atoms with van der Waals surface area (Å²) in [5.74, 6) is 1.51. The fraction of sp³-hybridized carbons (Fsp3) is 0.471. The van der Waals surface area contributed by atoms with E-state index in [2.05, 4.69) is 31.5 Å². The van der Waals surface area contributed by atoms with Gasteiger partial charge in [0.1, 0.15) is 0 Å². The van der Waals surface area contributed by atoms with Crippen LogP contribution in [0.2, 0.25) is 5.02 Å². The molecule has 1 saturated heterocycles. The molecule has 0 spiro atoms. The van der Waals surface area contributed by atoms with Crippen LogP contribution >= 0.6 is 11.6 Å². The average Bonchev–Trinajstić information content (AvgIpc) is 2.85. The second kappa shape index (κ2) is 8.11. The molecule has 2 heterocycles. The highest BCUT2D eigenvalue weighted by Crippen LogP contribution is 2.17. The Hall–Kier alpha value is -1.88. The summed E-state index contributed by atoms with van der Waals surface area (Å²) in [6.07, 6.45) is 7.69. The standard InChI is InChI=1S/C17H22ClN5/c18-15-7-5-6-14(12-15)8-9-19-17-21-16(13-20-22-17)23-10-3-1-2-4-11-23/h5-7,12-13H,1-4,8-11H2,(H,19,21,22). The number of nitrogens with one attached hydrogen (secondary N) is 1. The molecule has 0 saturated carbocycles. The third kappa shape index (κ3) is 4.79. The van der Waals surface area contributed by atoms with Gasteiger partial charge in [0, 0.05) is 24.7 Å². The van der Waals surface area contributed by atoms with Crippen LogP contribution in [0.15, 0.2) is 30.5 Å². The predicted octanol–water partition coefficient (Wildman–Crippen LogP) is 3.56. The van der Waals surface area contributed by atoms with Crippen molar-refractivity contribution in [3.05, 3.63) is 41.0 Å². The fourth-order valence-electron chi connectivity index (χ4n) is 2.83. The van der Waals surface area contributed by atoms with Crippen LogP contribution in [0.3, 0.4) is 0 Å². The molecule has 1 aliphatic heterocycles. The van der Waals surface area contributed by atoms with Crippen molar-refractivity contribution in [2.45, 2.75) is 32.1 Å². The normalized spacial score (nSPS) is 15.3. The van der Waals surface area contributed by atoms with Crippen LogP contribution in [0.5, 0.6) is 0 Å². The van der Waals surface area contributed by atoms with E-state index in [9.17, 15) is 0 Å². The Bertz CT molecular complexity index is 626. The molecule has 0 unspecified atom stereocenters. The molecule has 1 aromatic heterocycles. The molecule has 1 fully saturated rings. The molecule has 3 rings (SSSR count). The van der Waals surface area contributed by atoms with E-state index in [1.165, 1.54) is 31.2 Å². The summed E-state index contributed by atoms with van der Waals surface area (Å²) >= 11 is 6.00. The number of nitrogens with zero attached hydrogens (tertiary/aromatic N) is 4. The second-order valence-electron chi connectivity index (χ2n) is 5.85. The summed E-state index contributed by atoms with van der Waals surface area (Å²) in [5, 5.41) is 12.2. The Balaban J connectivity index is 1.56. The van der Waals surface area contributed by atoms with Crippen LogP contribution < -0.4 is 10.2 Å². The van der Waals surface area contributed by atoms with Crippen molar-refractivity contribution in [3.63, 3.8) is 0 Å². The van der Waals surface area contributed by atoms with Gasteiger partial charge in [-0.05, 0) is 37.0 Å². The minimum Gasteiger partial charge on any atom is -0.355 e. The van der Waals surface area contributed by atoms with E-state index in [0.717, 1.165) is 36.9 Å². The van der Waals surface area contributed by atoms with E-state index in [-0.39, 0.29) is 0 Å². The van der Waals surface area contributed by atoms with Gasteiger partial charge in [-0.2, -0.15) is 10.1 Å². The zero-order chi connectivity index (χ0) is 15.9. The fourth-order valence-corrected chi connectivity index (χ4v) is 3.05. The Kier molecular flexibility index (Phi) is 5.64. The van der Waals surface area contributed by atoms with E-state index >= 15 is 0 Å². The van der Waals surface area contributed by atoms with Crippen LogP contribution in [0.1, 0.15) is 31.2 Å². The Labute approximate surface area is 142 Å². The molecule has 0 radical (unpaired) electrons. The smallest absolute Gasteiger partial charge is 0.244 e. The lowest BCUT2D eigenvalue weighted by Gasteiger charge is -2.20. The van der Waals surface area contributed by atoms with E-state index in [0.29, 0.717) is 5.95 Å². The molecule has 0 aliphatic carbocycles. The molecule has 23 heavy (non-hydrogen) atoms. The first kappa shape index (κ1) is 16.0. The average molecular weight is 332 g/mol. The predicted molar refractivity (Wildman–Crippen MR) is 94.2 cm³/mol. The number of rotatable bonds is 5. The number of aromatic nitrogens is 3. The molecule has 0 bridgehead atoms. The quantitative estimate of drug-likeness (QED) is 0.907. The Morgan fingerprint density at radius 2 is 1.96 bits per heavy atom. The molecule has 1 aromatic carbocycles. The number of benzene rings is 1. The highest BCUT2D eigenvalue weighted by molar-refractivity contribution is 6.30. The molecule has 0 amide bonds. The van der Waals surface area contributed by atoms with Crippen LogP contribution in [0.25, 0.3) is 0 Å². The van der Waals surface area contributed by atoms with E-state index in [1.807, 2.05) is 18.2 Å². The summed E-state index contributed by atoms with van der Waals surface area (Å²) in [7, 11) is 0. The Morgan fingerprint density at radius 1 is 1.13 bits per heavy atom. The monoisotopic (exact) mass is 331 g/mol. The first-order valence-electron chi connectivity index (χ1n) is 8.24. The summed E-state index contributed by atoms with van der Waals surface area (Å²) in [4.78, 5) is 6.91. The van der Waals surface area contributed by atoms with Gasteiger partial charge >= 0.3 is 0 Å². The van der Waals surface area contributed by atoms with Gasteiger partial charge in [-0.3, -0.25) is 0 Å². The summed E-state index contributed by atoms with van der Waals surface area (Å²) in [5.41, 5.74) is 1.20. The number of hydrogen-bond donors (Lipinski definition) is 1. The lowest BCUT2D eigenvalue weighted by atomic mass is 10.1. The minimum absolute atomic E-state index is 0.591. The lowest BCUT2D eigenvalue weighted by Crippen LogP contribution is -2.25. The van der Waals surface area contributed by atoms with Crippen molar-refractivity contribution in [1.29, 1.82) is 0 Å². The van der Waals surface area contributed by atoms with Gasteiger partial charge in [0.25, 0.3) is 0 Å². The van der Waals surface area contributed by atoms with Gasteiger partial charge in [-0.1, -0.05) is 36.6 Å². The van der Waals surface area contributed by atoms with Crippen molar-refractivity contribution < 1.29 is 0 Å². The van der Waals surface area contributed by atoms with E-state index in [1.54, 1.807) is 6.20 Å². The maximum Gasteiger partial charge on any atom is 0.244 e. The molecule has 122 valence electrons. The largest absolute Gasteiger partial charge is 0.355 e. The van der Waals surface area contributed by atoms with Gasteiger partial charge in [-0.25, -0.2) is 0 Å². The summed E-state index contributed by atoms with van der Waals surface area (Å²) in [6.45, 7) is 2.87. The number of hydrogen-bond acceptors (Lipinski definition) is 5.